The number of methoxy groups -OCH3 is 1. The van der Waals surface area contributed by atoms with Crippen LogP contribution in [0, 0.1) is 18.3 Å². The maximum absolute atomic E-state index is 6.18. The molecule has 0 aromatic heterocycles. The molecule has 0 N–H and O–H groups in total. The minimum absolute atomic E-state index is 0.0792. The zero-order chi connectivity index (χ0) is 13.8. The lowest BCUT2D eigenvalue weighted by molar-refractivity contribution is 0.255. The second kappa shape index (κ2) is 6.68. The zero-order valence-corrected chi connectivity index (χ0v) is 13.1. The van der Waals surface area contributed by atoms with Crippen LogP contribution in [0.1, 0.15) is 25.0 Å². The van der Waals surface area contributed by atoms with Gasteiger partial charge in [-0.25, -0.2) is 0 Å². The van der Waals surface area contributed by atoms with E-state index in [1.165, 1.54) is 11.1 Å². The average Bonchev–Trinajstić information content (AvgIpc) is 2.36. The zero-order valence-electron chi connectivity index (χ0n) is 11.6. The molecule has 1 nitrogen and oxygen atoms in total. The van der Waals surface area contributed by atoms with Crippen molar-refractivity contribution in [1.29, 1.82) is 0 Å². The molecule has 1 aromatic carbocycles. The molecule has 102 valence electrons. The van der Waals surface area contributed by atoms with Gasteiger partial charge in [0.2, 0.25) is 0 Å². The summed E-state index contributed by atoms with van der Waals surface area (Å²) in [6.07, 6.45) is 0.850. The van der Waals surface area contributed by atoms with E-state index in [4.69, 9.17) is 27.9 Å². The van der Waals surface area contributed by atoms with Crippen LogP contribution in [0.4, 0.5) is 0 Å². The third-order valence-corrected chi connectivity index (χ3v) is 4.80. The van der Waals surface area contributed by atoms with Crippen LogP contribution >= 0.6 is 23.2 Å². The summed E-state index contributed by atoms with van der Waals surface area (Å²) in [4.78, 5) is 0. The predicted molar refractivity (Wildman–Crippen MR) is 80.1 cm³/mol. The van der Waals surface area contributed by atoms with Gasteiger partial charge in [-0.3, -0.25) is 0 Å². The highest BCUT2D eigenvalue weighted by Gasteiger charge is 2.33. The molecule has 0 aliphatic rings. The molecule has 0 spiro atoms. The molecule has 18 heavy (non-hydrogen) atoms. The average molecular weight is 289 g/mol. The van der Waals surface area contributed by atoms with E-state index in [0.29, 0.717) is 17.7 Å². The van der Waals surface area contributed by atoms with Gasteiger partial charge >= 0.3 is 0 Å². The van der Waals surface area contributed by atoms with Gasteiger partial charge in [-0.2, -0.15) is 0 Å². The topological polar surface area (TPSA) is 9.23 Å². The third-order valence-electron chi connectivity index (χ3n) is 3.74. The van der Waals surface area contributed by atoms with Crippen molar-refractivity contribution < 1.29 is 4.74 Å². The molecule has 1 aromatic rings. The molecule has 0 unspecified atom stereocenters. The summed E-state index contributed by atoms with van der Waals surface area (Å²) in [6.45, 7) is 6.43. The highest BCUT2D eigenvalue weighted by atomic mass is 35.5. The van der Waals surface area contributed by atoms with E-state index in [-0.39, 0.29) is 5.41 Å². The monoisotopic (exact) mass is 288 g/mol. The molecule has 0 saturated heterocycles. The lowest BCUT2D eigenvalue weighted by Crippen LogP contribution is -2.34. The molecule has 0 atom stereocenters. The summed E-state index contributed by atoms with van der Waals surface area (Å²) in [6, 6.07) is 6.23. The summed E-state index contributed by atoms with van der Waals surface area (Å²) < 4.78 is 5.43. The summed E-state index contributed by atoms with van der Waals surface area (Å²) in [5.74, 6) is 2.47. The summed E-state index contributed by atoms with van der Waals surface area (Å²) in [7, 11) is 1.70. The molecule has 0 aliphatic heterocycles. The van der Waals surface area contributed by atoms with Gasteiger partial charge in [-0.05, 0) is 30.9 Å². The Hall–Kier alpha value is -0.400. The van der Waals surface area contributed by atoms with E-state index in [1.54, 1.807) is 7.11 Å². The van der Waals surface area contributed by atoms with Crippen molar-refractivity contribution in [3.63, 3.8) is 0 Å². The fourth-order valence-corrected chi connectivity index (χ4v) is 3.16. The maximum atomic E-state index is 6.18. The van der Waals surface area contributed by atoms with Gasteiger partial charge in [0.05, 0.1) is 7.11 Å². The molecule has 0 heterocycles. The molecule has 3 heteroatoms. The van der Waals surface area contributed by atoms with Gasteiger partial charge in [-0.1, -0.05) is 31.5 Å². The molecule has 0 bridgehead atoms. The SMILES string of the molecule is COc1ccc(C)cc1CC(CCl)(CCl)C(C)C. The number of rotatable bonds is 6. The summed E-state index contributed by atoms with van der Waals surface area (Å²) in [5.41, 5.74) is 2.34. The molecule has 0 saturated carbocycles. The Morgan fingerprint density at radius 1 is 1.22 bits per heavy atom. The van der Waals surface area contributed by atoms with E-state index < -0.39 is 0 Å². The van der Waals surface area contributed by atoms with Crippen molar-refractivity contribution in [2.75, 3.05) is 18.9 Å². The molecule has 0 fully saturated rings. The number of aryl methyl sites for hydroxylation is 1. The van der Waals surface area contributed by atoms with E-state index in [9.17, 15) is 0 Å². The standard InChI is InChI=1S/C15H22Cl2O/c1-11(2)15(9-16,10-17)8-13-7-12(3)5-6-14(13)18-4/h5-7,11H,8-10H2,1-4H3. The minimum atomic E-state index is -0.0792. The van der Waals surface area contributed by atoms with Gasteiger partial charge in [-0.15, -0.1) is 23.2 Å². The smallest absolute Gasteiger partial charge is 0.122 e. The summed E-state index contributed by atoms with van der Waals surface area (Å²) in [5, 5.41) is 0. The van der Waals surface area contributed by atoms with Gasteiger partial charge in [0, 0.05) is 17.2 Å². The van der Waals surface area contributed by atoms with E-state index in [1.807, 2.05) is 6.07 Å². The van der Waals surface area contributed by atoms with Gasteiger partial charge in [0.15, 0.2) is 0 Å². The largest absolute Gasteiger partial charge is 0.496 e. The first-order chi connectivity index (χ1) is 8.49. The van der Waals surface area contributed by atoms with Crippen LogP contribution in [-0.4, -0.2) is 18.9 Å². The number of hydrogen-bond donors (Lipinski definition) is 0. The van der Waals surface area contributed by atoms with E-state index >= 15 is 0 Å². The number of ether oxygens (including phenoxy) is 1. The first-order valence-electron chi connectivity index (χ1n) is 6.24. The van der Waals surface area contributed by atoms with Crippen molar-refractivity contribution in [3.8, 4) is 5.75 Å². The third kappa shape index (κ3) is 3.33. The van der Waals surface area contributed by atoms with Crippen molar-refractivity contribution in [2.24, 2.45) is 11.3 Å². The maximum Gasteiger partial charge on any atom is 0.122 e. The second-order valence-corrected chi connectivity index (χ2v) is 5.81. The molecular weight excluding hydrogens is 267 g/mol. The fraction of sp³-hybridized carbons (Fsp3) is 0.600. The normalized spacial score (nSPS) is 11.9. The molecule has 0 radical (unpaired) electrons. The molecule has 0 amide bonds. The van der Waals surface area contributed by atoms with E-state index in [0.717, 1.165) is 12.2 Å². The Balaban J connectivity index is 3.10. The minimum Gasteiger partial charge on any atom is -0.496 e. The summed E-state index contributed by atoms with van der Waals surface area (Å²) >= 11 is 12.4. The Labute approximate surface area is 120 Å². The highest BCUT2D eigenvalue weighted by Crippen LogP contribution is 2.37. The highest BCUT2D eigenvalue weighted by molar-refractivity contribution is 6.21. The Morgan fingerprint density at radius 2 is 1.83 bits per heavy atom. The van der Waals surface area contributed by atoms with Gasteiger partial charge in [0.25, 0.3) is 0 Å². The quantitative estimate of drug-likeness (QED) is 0.692. The number of benzene rings is 1. The van der Waals surface area contributed by atoms with Crippen molar-refractivity contribution >= 4 is 23.2 Å². The Morgan fingerprint density at radius 3 is 2.28 bits per heavy atom. The first-order valence-corrected chi connectivity index (χ1v) is 7.31. The lowest BCUT2D eigenvalue weighted by Gasteiger charge is -2.34. The van der Waals surface area contributed by atoms with Crippen LogP contribution < -0.4 is 4.74 Å². The van der Waals surface area contributed by atoms with Gasteiger partial charge in [0.1, 0.15) is 5.75 Å². The van der Waals surface area contributed by atoms with Crippen LogP contribution in [0.2, 0.25) is 0 Å². The fourth-order valence-electron chi connectivity index (χ4n) is 2.07. The second-order valence-electron chi connectivity index (χ2n) is 5.28. The Bertz CT molecular complexity index is 384. The van der Waals surface area contributed by atoms with Crippen LogP contribution in [0.15, 0.2) is 18.2 Å². The Kier molecular flexibility index (Phi) is 5.81. The van der Waals surface area contributed by atoms with Crippen LogP contribution in [0.5, 0.6) is 5.75 Å². The predicted octanol–water partition coefficient (Wildman–Crippen LogP) is 4.67. The number of alkyl halides is 2. The first kappa shape index (κ1) is 15.7. The molecule has 1 rings (SSSR count). The number of halogens is 2. The van der Waals surface area contributed by atoms with Crippen LogP contribution in [-0.2, 0) is 6.42 Å². The molecular formula is C15H22Cl2O. The van der Waals surface area contributed by atoms with Crippen LogP contribution in [0.25, 0.3) is 0 Å². The van der Waals surface area contributed by atoms with Gasteiger partial charge < -0.3 is 4.74 Å². The molecule has 0 aliphatic carbocycles. The lowest BCUT2D eigenvalue weighted by atomic mass is 9.75. The van der Waals surface area contributed by atoms with Crippen molar-refractivity contribution in [3.05, 3.63) is 29.3 Å². The van der Waals surface area contributed by atoms with E-state index in [2.05, 4.69) is 32.9 Å². The van der Waals surface area contributed by atoms with Crippen LogP contribution in [0.3, 0.4) is 0 Å². The van der Waals surface area contributed by atoms with Crippen molar-refractivity contribution in [2.45, 2.75) is 27.2 Å². The number of hydrogen-bond acceptors (Lipinski definition) is 1. The van der Waals surface area contributed by atoms with Crippen molar-refractivity contribution in [1.82, 2.24) is 0 Å².